The maximum atomic E-state index is 11.2. The lowest BCUT2D eigenvalue weighted by Crippen LogP contribution is -2.05. The molecule has 0 aliphatic rings. The molecule has 6 nitrogen and oxygen atoms in total. The number of ether oxygens (including phenoxy) is 1. The Morgan fingerprint density at radius 1 is 1.50 bits per heavy atom. The van der Waals surface area contributed by atoms with E-state index in [-0.39, 0.29) is 5.82 Å². The molecule has 0 aliphatic carbocycles. The molecule has 1 aromatic carbocycles. The second kappa shape index (κ2) is 5.09. The van der Waals surface area contributed by atoms with Gasteiger partial charge in [0.25, 0.3) is 5.82 Å². The van der Waals surface area contributed by atoms with Crippen LogP contribution in [0.4, 0.5) is 0 Å². The summed E-state index contributed by atoms with van der Waals surface area (Å²) in [6.07, 6.45) is 2.14. The molecule has 7 heteroatoms. The van der Waals surface area contributed by atoms with Crippen LogP contribution in [0.3, 0.4) is 0 Å². The molecule has 0 N–H and O–H groups in total. The standard InChI is InChI=1S/C11H8BrN3O3/c1-18-11(17)10-13-6-15(14-10)9-3-2-7(5-16)4-8(9)12/h2-6H,1H3. The van der Waals surface area contributed by atoms with E-state index in [2.05, 4.69) is 30.7 Å². The van der Waals surface area contributed by atoms with E-state index in [9.17, 15) is 9.59 Å². The highest BCUT2D eigenvalue weighted by Gasteiger charge is 2.13. The molecule has 0 bridgehead atoms. The Labute approximate surface area is 111 Å². The van der Waals surface area contributed by atoms with E-state index in [1.54, 1.807) is 18.2 Å². The van der Waals surface area contributed by atoms with E-state index in [0.717, 1.165) is 6.29 Å². The quantitative estimate of drug-likeness (QED) is 0.636. The van der Waals surface area contributed by atoms with Gasteiger partial charge in [-0.05, 0) is 34.1 Å². The Balaban J connectivity index is 2.40. The van der Waals surface area contributed by atoms with Crippen molar-refractivity contribution in [1.82, 2.24) is 14.8 Å². The number of aromatic nitrogens is 3. The first-order chi connectivity index (χ1) is 8.65. The number of methoxy groups -OCH3 is 1. The number of carbonyl (C=O) groups excluding carboxylic acids is 2. The highest BCUT2D eigenvalue weighted by molar-refractivity contribution is 9.10. The molecule has 0 aliphatic heterocycles. The van der Waals surface area contributed by atoms with Crippen molar-refractivity contribution < 1.29 is 14.3 Å². The molecule has 0 saturated heterocycles. The lowest BCUT2D eigenvalue weighted by molar-refractivity contribution is 0.0587. The van der Waals surface area contributed by atoms with E-state index < -0.39 is 5.97 Å². The van der Waals surface area contributed by atoms with Gasteiger partial charge in [-0.1, -0.05) is 0 Å². The molecule has 2 aromatic rings. The molecule has 0 spiro atoms. The number of nitrogens with zero attached hydrogens (tertiary/aromatic N) is 3. The van der Waals surface area contributed by atoms with Crippen molar-refractivity contribution in [2.75, 3.05) is 7.11 Å². The molecule has 0 fully saturated rings. The lowest BCUT2D eigenvalue weighted by Gasteiger charge is -2.03. The van der Waals surface area contributed by atoms with Crippen molar-refractivity contribution in [3.63, 3.8) is 0 Å². The smallest absolute Gasteiger partial charge is 0.377 e. The van der Waals surface area contributed by atoms with Crippen LogP contribution >= 0.6 is 15.9 Å². The highest BCUT2D eigenvalue weighted by atomic mass is 79.9. The average molecular weight is 310 g/mol. The molecule has 1 aromatic heterocycles. The van der Waals surface area contributed by atoms with E-state index in [1.807, 2.05) is 0 Å². The zero-order valence-electron chi connectivity index (χ0n) is 9.33. The van der Waals surface area contributed by atoms with Crippen LogP contribution in [0.15, 0.2) is 29.0 Å². The average Bonchev–Trinajstić information content (AvgIpc) is 2.87. The van der Waals surface area contributed by atoms with Crippen molar-refractivity contribution >= 4 is 28.2 Å². The van der Waals surface area contributed by atoms with Crippen LogP contribution in [0.2, 0.25) is 0 Å². The van der Waals surface area contributed by atoms with Crippen molar-refractivity contribution in [2.45, 2.75) is 0 Å². The molecule has 0 saturated carbocycles. The van der Waals surface area contributed by atoms with Gasteiger partial charge >= 0.3 is 5.97 Å². The highest BCUT2D eigenvalue weighted by Crippen LogP contribution is 2.21. The van der Waals surface area contributed by atoms with E-state index in [1.165, 1.54) is 18.1 Å². The van der Waals surface area contributed by atoms with Crippen LogP contribution in [0.1, 0.15) is 21.0 Å². The zero-order chi connectivity index (χ0) is 13.1. The van der Waals surface area contributed by atoms with Crippen molar-refractivity contribution in [3.8, 4) is 5.69 Å². The summed E-state index contributed by atoms with van der Waals surface area (Å²) in [7, 11) is 1.26. The molecule has 0 amide bonds. The number of aldehydes is 1. The normalized spacial score (nSPS) is 10.1. The summed E-state index contributed by atoms with van der Waals surface area (Å²) in [5.74, 6) is -0.627. The van der Waals surface area contributed by atoms with Crippen molar-refractivity contribution in [1.29, 1.82) is 0 Å². The SMILES string of the molecule is COC(=O)c1ncn(-c2ccc(C=O)cc2Br)n1. The van der Waals surface area contributed by atoms with E-state index >= 15 is 0 Å². The molecular weight excluding hydrogens is 302 g/mol. The predicted molar refractivity (Wildman–Crippen MR) is 65.8 cm³/mol. The summed E-state index contributed by atoms with van der Waals surface area (Å²) in [4.78, 5) is 25.7. The van der Waals surface area contributed by atoms with Crippen LogP contribution in [-0.2, 0) is 4.74 Å². The first kappa shape index (κ1) is 12.4. The third-order valence-corrected chi connectivity index (χ3v) is 2.85. The summed E-state index contributed by atoms with van der Waals surface area (Å²) in [6, 6.07) is 5.00. The minimum atomic E-state index is -0.602. The Kier molecular flexibility index (Phi) is 3.52. The van der Waals surface area contributed by atoms with Gasteiger partial charge in [0.05, 0.1) is 12.8 Å². The summed E-state index contributed by atoms with van der Waals surface area (Å²) in [6.45, 7) is 0. The Morgan fingerprint density at radius 3 is 2.89 bits per heavy atom. The fraction of sp³-hybridized carbons (Fsp3) is 0.0909. The number of rotatable bonds is 3. The first-order valence-corrected chi connectivity index (χ1v) is 5.70. The van der Waals surface area contributed by atoms with Crippen LogP contribution < -0.4 is 0 Å². The van der Waals surface area contributed by atoms with E-state index in [0.29, 0.717) is 15.7 Å². The van der Waals surface area contributed by atoms with Crippen molar-refractivity contribution in [3.05, 3.63) is 40.4 Å². The summed E-state index contributed by atoms with van der Waals surface area (Å²) < 4.78 is 6.61. The first-order valence-electron chi connectivity index (χ1n) is 4.91. The molecule has 0 atom stereocenters. The van der Waals surface area contributed by atoms with Gasteiger partial charge in [-0.2, -0.15) is 0 Å². The third kappa shape index (κ3) is 2.30. The van der Waals surface area contributed by atoms with Gasteiger partial charge in [-0.3, -0.25) is 4.79 Å². The fourth-order valence-electron chi connectivity index (χ4n) is 1.35. The van der Waals surface area contributed by atoms with Gasteiger partial charge in [0.1, 0.15) is 12.6 Å². The summed E-state index contributed by atoms with van der Waals surface area (Å²) >= 11 is 3.32. The number of carbonyl (C=O) groups is 2. The molecule has 1 heterocycles. The van der Waals surface area contributed by atoms with Crippen LogP contribution in [-0.4, -0.2) is 34.1 Å². The molecular formula is C11H8BrN3O3. The number of halogens is 1. The van der Waals surface area contributed by atoms with Gasteiger partial charge in [0.15, 0.2) is 0 Å². The second-order valence-electron chi connectivity index (χ2n) is 3.33. The molecule has 0 radical (unpaired) electrons. The zero-order valence-corrected chi connectivity index (χ0v) is 10.9. The minimum absolute atomic E-state index is 0.0242. The summed E-state index contributed by atoms with van der Waals surface area (Å²) in [5, 5.41) is 3.98. The monoisotopic (exact) mass is 309 g/mol. The van der Waals surface area contributed by atoms with Crippen molar-refractivity contribution in [2.24, 2.45) is 0 Å². The fourth-order valence-corrected chi connectivity index (χ4v) is 1.92. The van der Waals surface area contributed by atoms with Crippen LogP contribution in [0.5, 0.6) is 0 Å². The maximum Gasteiger partial charge on any atom is 0.377 e. The summed E-state index contributed by atoms with van der Waals surface area (Å²) in [5.41, 5.74) is 1.21. The number of benzene rings is 1. The van der Waals surface area contributed by atoms with Gasteiger partial charge in [-0.25, -0.2) is 14.5 Å². The van der Waals surface area contributed by atoms with Crippen LogP contribution in [0.25, 0.3) is 5.69 Å². The molecule has 18 heavy (non-hydrogen) atoms. The van der Waals surface area contributed by atoms with Gasteiger partial charge in [0.2, 0.25) is 0 Å². The topological polar surface area (TPSA) is 74.1 Å². The Bertz CT molecular complexity index is 609. The Morgan fingerprint density at radius 2 is 2.28 bits per heavy atom. The van der Waals surface area contributed by atoms with Gasteiger partial charge in [-0.15, -0.1) is 5.10 Å². The lowest BCUT2D eigenvalue weighted by atomic mass is 10.2. The van der Waals surface area contributed by atoms with Crippen LogP contribution in [0, 0.1) is 0 Å². The Hall–Kier alpha value is -2.02. The third-order valence-electron chi connectivity index (χ3n) is 2.21. The van der Waals surface area contributed by atoms with Gasteiger partial charge in [0, 0.05) is 10.0 Å². The molecule has 0 unspecified atom stereocenters. The maximum absolute atomic E-state index is 11.2. The largest absolute Gasteiger partial charge is 0.463 e. The number of hydrogen-bond acceptors (Lipinski definition) is 5. The van der Waals surface area contributed by atoms with E-state index in [4.69, 9.17) is 0 Å². The second-order valence-corrected chi connectivity index (χ2v) is 4.19. The molecule has 92 valence electrons. The van der Waals surface area contributed by atoms with Gasteiger partial charge < -0.3 is 4.74 Å². The molecule has 2 rings (SSSR count). The number of esters is 1. The minimum Gasteiger partial charge on any atom is -0.463 e. The number of hydrogen-bond donors (Lipinski definition) is 0. The predicted octanol–water partition coefficient (Wildman–Crippen LogP) is 1.63.